The van der Waals surface area contributed by atoms with Crippen molar-refractivity contribution in [2.24, 2.45) is 0 Å². The number of benzene rings is 2. The van der Waals surface area contributed by atoms with Crippen LogP contribution in [0.3, 0.4) is 0 Å². The van der Waals surface area contributed by atoms with E-state index in [0.717, 1.165) is 43.4 Å². The van der Waals surface area contributed by atoms with Crippen LogP contribution in [0.1, 0.15) is 37.9 Å². The van der Waals surface area contributed by atoms with Crippen molar-refractivity contribution >= 4 is 39.1 Å². The van der Waals surface area contributed by atoms with Crippen molar-refractivity contribution < 1.29 is 40.2 Å². The highest BCUT2D eigenvalue weighted by molar-refractivity contribution is 7.99. The number of hydrogen-bond donors (Lipinski definition) is 3. The lowest BCUT2D eigenvalue weighted by Crippen LogP contribution is -2.36. The van der Waals surface area contributed by atoms with E-state index in [-0.39, 0.29) is 27.7 Å². The molecule has 1 saturated heterocycles. The van der Waals surface area contributed by atoms with E-state index in [0.29, 0.717) is 43.6 Å². The van der Waals surface area contributed by atoms with Crippen molar-refractivity contribution in [2.45, 2.75) is 59.4 Å². The van der Waals surface area contributed by atoms with Gasteiger partial charge in [0, 0.05) is 30.9 Å². The van der Waals surface area contributed by atoms with Crippen molar-refractivity contribution in [1.82, 2.24) is 20.2 Å². The fraction of sp³-hybridized carbons (Fsp3) is 0.345. The predicted molar refractivity (Wildman–Crippen MR) is 160 cm³/mol. The Balaban J connectivity index is 1.52. The van der Waals surface area contributed by atoms with Crippen LogP contribution in [0, 0.1) is 36.0 Å². The van der Waals surface area contributed by atoms with E-state index in [1.807, 2.05) is 4.90 Å². The fourth-order valence-electron chi connectivity index (χ4n) is 4.99. The first-order valence-electron chi connectivity index (χ1n) is 13.9. The lowest BCUT2D eigenvalue weighted by atomic mass is 10.0. The number of rotatable bonds is 9. The zero-order valence-electron chi connectivity index (χ0n) is 25.0. The van der Waals surface area contributed by atoms with Crippen molar-refractivity contribution in [3.63, 3.8) is 0 Å². The molecule has 1 aliphatic heterocycles. The van der Waals surface area contributed by atoms with Gasteiger partial charge in [-0.2, -0.15) is 5.10 Å². The number of aromatic nitrogens is 4. The average Bonchev–Trinajstić information content (AvgIpc) is 3.41. The summed E-state index contributed by atoms with van der Waals surface area (Å²) in [6, 6.07) is 4.47. The van der Waals surface area contributed by atoms with Gasteiger partial charge in [0.1, 0.15) is 10.6 Å². The normalized spacial score (nSPS) is 14.5. The number of sulfone groups is 1. The second-order valence-electron chi connectivity index (χ2n) is 11.0. The SMILES string of the molecule is COc1c(Nc2cc(C)[nH]n2)nc(Sc2ccc(S(=O)(=O)C(C)(C)c3c(F)c(F)cc(F)c3F)cc2F)nc1N1CCC(O)CC1. The van der Waals surface area contributed by atoms with Gasteiger partial charge in [-0.1, -0.05) is 0 Å². The molecule has 17 heteroatoms. The molecular weight excluding hydrogens is 655 g/mol. The number of halogens is 5. The molecule has 3 N–H and O–H groups in total. The van der Waals surface area contributed by atoms with Crippen LogP contribution < -0.4 is 15.0 Å². The number of aliphatic hydroxyl groups is 1. The summed E-state index contributed by atoms with van der Waals surface area (Å²) >= 11 is 0.763. The van der Waals surface area contributed by atoms with Gasteiger partial charge >= 0.3 is 0 Å². The number of methoxy groups -OCH3 is 1. The Hall–Kier alpha value is -3.96. The minimum absolute atomic E-state index is 0.0272. The molecule has 1 fully saturated rings. The maximum Gasteiger partial charge on any atom is 0.204 e. The minimum atomic E-state index is -4.81. The highest BCUT2D eigenvalue weighted by Crippen LogP contribution is 2.42. The molecule has 1 aliphatic rings. The highest BCUT2D eigenvalue weighted by Gasteiger charge is 2.44. The number of aliphatic hydroxyl groups excluding tert-OH is 1. The third kappa shape index (κ3) is 6.22. The number of H-pyrrole nitrogens is 1. The maximum atomic E-state index is 15.5. The number of aromatic amines is 1. The summed E-state index contributed by atoms with van der Waals surface area (Å²) in [6.07, 6.45) is 0.492. The molecule has 46 heavy (non-hydrogen) atoms. The van der Waals surface area contributed by atoms with Gasteiger partial charge in [0.2, 0.25) is 5.75 Å². The lowest BCUT2D eigenvalue weighted by molar-refractivity contribution is 0.145. The Morgan fingerprint density at radius 2 is 1.67 bits per heavy atom. The van der Waals surface area contributed by atoms with Crippen LogP contribution >= 0.6 is 11.8 Å². The molecule has 2 aromatic heterocycles. The molecule has 0 atom stereocenters. The van der Waals surface area contributed by atoms with Gasteiger partial charge in [-0.05, 0) is 63.6 Å². The first-order valence-corrected chi connectivity index (χ1v) is 16.2. The van der Waals surface area contributed by atoms with E-state index in [1.54, 1.807) is 13.0 Å². The lowest BCUT2D eigenvalue weighted by Gasteiger charge is -2.31. The predicted octanol–water partition coefficient (Wildman–Crippen LogP) is 5.78. The van der Waals surface area contributed by atoms with E-state index in [9.17, 15) is 31.1 Å². The van der Waals surface area contributed by atoms with Crippen molar-refractivity contribution in [2.75, 3.05) is 30.4 Å². The molecule has 246 valence electrons. The molecule has 0 radical (unpaired) electrons. The molecule has 3 heterocycles. The summed E-state index contributed by atoms with van der Waals surface area (Å²) in [5.41, 5.74) is -0.580. The van der Waals surface area contributed by atoms with Crippen LogP contribution in [-0.4, -0.2) is 60.0 Å². The first-order chi connectivity index (χ1) is 21.6. The molecule has 2 aromatic carbocycles. The van der Waals surface area contributed by atoms with Gasteiger partial charge < -0.3 is 20.1 Å². The number of hydrogen-bond acceptors (Lipinski definition) is 10. The van der Waals surface area contributed by atoms with Crippen LogP contribution in [0.5, 0.6) is 5.75 Å². The summed E-state index contributed by atoms with van der Waals surface area (Å²) in [5, 5.41) is 20.1. The molecule has 0 saturated carbocycles. The van der Waals surface area contributed by atoms with Gasteiger partial charge in [-0.15, -0.1) is 0 Å². The number of anilines is 3. The molecule has 0 aliphatic carbocycles. The third-order valence-electron chi connectivity index (χ3n) is 7.55. The van der Waals surface area contributed by atoms with Gasteiger partial charge in [-0.25, -0.2) is 40.3 Å². The Bertz CT molecular complexity index is 1870. The number of aryl methyl sites for hydroxylation is 1. The van der Waals surface area contributed by atoms with Crippen LogP contribution in [-0.2, 0) is 14.6 Å². The summed E-state index contributed by atoms with van der Waals surface area (Å²) in [4.78, 5) is 10.2. The standard InChI is InChI=1S/C29H29F5N6O4S2/c1-14-11-21(39-38-14)35-26-25(44-4)27(40-9-7-15(41)8-10-40)37-28(36-26)45-20-6-5-16(12-17(20)30)46(42,43)29(2,3)22-23(33)18(31)13-19(32)24(22)34/h5-6,11-13,15,41H,7-10H2,1-4H3,(H2,35,36,37,38,39). The first kappa shape index (κ1) is 33.4. The van der Waals surface area contributed by atoms with Crippen molar-refractivity contribution in [1.29, 1.82) is 0 Å². The Morgan fingerprint density at radius 1 is 1.02 bits per heavy atom. The molecule has 0 unspecified atom stereocenters. The number of piperidine rings is 1. The number of nitrogens with one attached hydrogen (secondary N) is 2. The van der Waals surface area contributed by atoms with Gasteiger partial charge in [0.05, 0.1) is 28.6 Å². The quantitative estimate of drug-likeness (QED) is 0.113. The second kappa shape index (κ2) is 12.7. The number of nitrogens with zero attached hydrogens (tertiary/aromatic N) is 4. The molecule has 4 aromatic rings. The maximum absolute atomic E-state index is 15.5. The van der Waals surface area contributed by atoms with Crippen LogP contribution in [0.2, 0.25) is 0 Å². The monoisotopic (exact) mass is 684 g/mol. The largest absolute Gasteiger partial charge is 0.490 e. The van der Waals surface area contributed by atoms with Gasteiger partial charge in [0.25, 0.3) is 0 Å². The third-order valence-corrected chi connectivity index (χ3v) is 10.9. The van der Waals surface area contributed by atoms with E-state index in [2.05, 4.69) is 25.5 Å². The highest BCUT2D eigenvalue weighted by atomic mass is 32.2. The minimum Gasteiger partial charge on any atom is -0.490 e. The Kier molecular flexibility index (Phi) is 9.21. The Morgan fingerprint density at radius 3 is 2.24 bits per heavy atom. The molecular formula is C29H29F5N6O4S2. The van der Waals surface area contributed by atoms with Crippen LogP contribution in [0.25, 0.3) is 0 Å². The second-order valence-corrected chi connectivity index (χ2v) is 14.6. The molecule has 0 bridgehead atoms. The van der Waals surface area contributed by atoms with Crippen molar-refractivity contribution in [3.05, 3.63) is 70.7 Å². The van der Waals surface area contributed by atoms with Gasteiger partial charge in [-0.3, -0.25) is 5.10 Å². The van der Waals surface area contributed by atoms with E-state index in [4.69, 9.17) is 4.74 Å². The summed E-state index contributed by atoms with van der Waals surface area (Å²) in [7, 11) is -3.38. The summed E-state index contributed by atoms with van der Waals surface area (Å²) in [6.45, 7) is 4.44. The van der Waals surface area contributed by atoms with Crippen LogP contribution in [0.15, 0.2) is 45.3 Å². The van der Waals surface area contributed by atoms with E-state index >= 15 is 4.39 Å². The average molecular weight is 685 g/mol. The summed E-state index contributed by atoms with van der Waals surface area (Å²) in [5.74, 6) is -7.05. The Labute approximate surface area is 265 Å². The molecule has 0 spiro atoms. The van der Waals surface area contributed by atoms with E-state index < -0.39 is 60.2 Å². The fourth-order valence-corrected chi connectivity index (χ4v) is 7.29. The topological polar surface area (TPSA) is 133 Å². The smallest absolute Gasteiger partial charge is 0.204 e. The van der Waals surface area contributed by atoms with Crippen LogP contribution in [0.4, 0.5) is 39.4 Å². The zero-order chi connectivity index (χ0) is 33.6. The molecule has 0 amide bonds. The zero-order valence-corrected chi connectivity index (χ0v) is 26.6. The van der Waals surface area contributed by atoms with Gasteiger partial charge in [0.15, 0.2) is 55.7 Å². The number of ether oxygens (including phenoxy) is 1. The molecule has 10 nitrogen and oxygen atoms in total. The summed E-state index contributed by atoms with van der Waals surface area (Å²) < 4.78 is 103. The van der Waals surface area contributed by atoms with E-state index in [1.165, 1.54) is 7.11 Å². The van der Waals surface area contributed by atoms with Crippen molar-refractivity contribution in [3.8, 4) is 5.75 Å². The molecule has 5 rings (SSSR count).